The second-order valence-corrected chi connectivity index (χ2v) is 6.33. The Morgan fingerprint density at radius 1 is 1.30 bits per heavy atom. The fourth-order valence-corrected chi connectivity index (χ4v) is 2.40. The summed E-state index contributed by atoms with van der Waals surface area (Å²) < 4.78 is 1.38. The average Bonchev–Trinajstić information content (AvgIpc) is 2.11. The van der Waals surface area contributed by atoms with Gasteiger partial charge in [0.2, 0.25) is 0 Å². The molecule has 10 heavy (non-hydrogen) atoms. The topological polar surface area (TPSA) is 0 Å². The first-order valence-electron chi connectivity index (χ1n) is 3.26. The number of thiophene rings is 1. The Hall–Kier alpha value is 0.430. The van der Waals surface area contributed by atoms with E-state index in [0.29, 0.717) is 5.41 Å². The number of hydrogen-bond acceptors (Lipinski definition) is 1. The monoisotopic (exact) mass is 266 g/mol. The molecule has 0 nitrogen and oxygen atoms in total. The summed E-state index contributed by atoms with van der Waals surface area (Å²) in [4.78, 5) is 1.47. The van der Waals surface area contributed by atoms with Crippen LogP contribution < -0.4 is 0 Å². The van der Waals surface area contributed by atoms with E-state index in [1.54, 1.807) is 0 Å². The van der Waals surface area contributed by atoms with Gasteiger partial charge in [-0.15, -0.1) is 11.3 Å². The first kappa shape index (κ1) is 8.53. The van der Waals surface area contributed by atoms with Gasteiger partial charge in [-0.05, 0) is 40.1 Å². The minimum atomic E-state index is 0.327. The molecule has 0 bridgehead atoms. The van der Waals surface area contributed by atoms with Gasteiger partial charge in [0.1, 0.15) is 0 Å². The largest absolute Gasteiger partial charge is 0.134 e. The van der Waals surface area contributed by atoms with Crippen LogP contribution in [-0.4, -0.2) is 0 Å². The second-order valence-electron chi connectivity index (χ2n) is 3.35. The van der Waals surface area contributed by atoms with Crippen molar-refractivity contribution >= 4 is 33.9 Å². The molecule has 1 aromatic rings. The maximum absolute atomic E-state index is 2.36. The number of rotatable bonds is 0. The Balaban J connectivity index is 2.96. The van der Waals surface area contributed by atoms with Crippen molar-refractivity contribution in [2.75, 3.05) is 0 Å². The summed E-state index contributed by atoms with van der Waals surface area (Å²) in [5, 5.41) is 0. The first-order valence-corrected chi connectivity index (χ1v) is 5.15. The Morgan fingerprint density at radius 3 is 2.10 bits per heavy atom. The smallest absolute Gasteiger partial charge is 0.0656 e. The zero-order valence-electron chi connectivity index (χ0n) is 6.44. The van der Waals surface area contributed by atoms with E-state index < -0.39 is 0 Å². The van der Waals surface area contributed by atoms with Crippen molar-refractivity contribution in [2.45, 2.75) is 26.2 Å². The Kier molecular flexibility index (Phi) is 2.40. The summed E-state index contributed by atoms with van der Waals surface area (Å²) in [6.45, 7) is 6.73. The molecule has 0 amide bonds. The Bertz CT molecular complexity index is 219. The van der Waals surface area contributed by atoms with E-state index in [1.807, 2.05) is 11.3 Å². The highest BCUT2D eigenvalue weighted by Crippen LogP contribution is 2.29. The van der Waals surface area contributed by atoms with Gasteiger partial charge in [-0.1, -0.05) is 20.8 Å². The molecule has 0 aliphatic heterocycles. The quantitative estimate of drug-likeness (QED) is 0.629. The van der Waals surface area contributed by atoms with E-state index in [4.69, 9.17) is 0 Å². The summed E-state index contributed by atoms with van der Waals surface area (Å²) in [6.07, 6.45) is 0. The van der Waals surface area contributed by atoms with E-state index in [1.165, 1.54) is 7.76 Å². The molecule has 56 valence electrons. The van der Waals surface area contributed by atoms with Crippen LogP contribution in [-0.2, 0) is 5.41 Å². The van der Waals surface area contributed by atoms with Crippen molar-refractivity contribution in [1.82, 2.24) is 0 Å². The van der Waals surface area contributed by atoms with Gasteiger partial charge < -0.3 is 0 Å². The molecular formula is C8H11IS. The highest BCUT2D eigenvalue weighted by atomic mass is 127. The standard InChI is InChI=1S/C8H11IS/c1-8(2,3)6-4-5-7(9)10-6/h4-5H,1-3H3. The molecule has 2 heteroatoms. The molecule has 0 saturated heterocycles. The van der Waals surface area contributed by atoms with Crippen molar-refractivity contribution in [3.05, 3.63) is 19.9 Å². The van der Waals surface area contributed by atoms with Crippen LogP contribution in [0, 0.1) is 2.88 Å². The number of halogens is 1. The lowest BCUT2D eigenvalue weighted by Gasteiger charge is -2.14. The number of hydrogen-bond donors (Lipinski definition) is 0. The molecule has 0 atom stereocenters. The van der Waals surface area contributed by atoms with E-state index in [2.05, 4.69) is 55.5 Å². The lowest BCUT2D eigenvalue weighted by Crippen LogP contribution is -2.07. The van der Waals surface area contributed by atoms with Crippen LogP contribution in [0.25, 0.3) is 0 Å². The summed E-state index contributed by atoms with van der Waals surface area (Å²) in [5.41, 5.74) is 0.327. The molecule has 0 aromatic carbocycles. The van der Waals surface area contributed by atoms with Gasteiger partial charge in [0.15, 0.2) is 0 Å². The highest BCUT2D eigenvalue weighted by Gasteiger charge is 2.14. The minimum absolute atomic E-state index is 0.327. The molecule has 1 rings (SSSR count). The van der Waals surface area contributed by atoms with E-state index >= 15 is 0 Å². The summed E-state index contributed by atoms with van der Waals surface area (Å²) in [5.74, 6) is 0. The predicted molar refractivity (Wildman–Crippen MR) is 55.7 cm³/mol. The molecule has 0 unspecified atom stereocenters. The van der Waals surface area contributed by atoms with Crippen molar-refractivity contribution in [2.24, 2.45) is 0 Å². The van der Waals surface area contributed by atoms with Gasteiger partial charge in [0, 0.05) is 4.88 Å². The zero-order valence-corrected chi connectivity index (χ0v) is 9.41. The van der Waals surface area contributed by atoms with Gasteiger partial charge in [-0.3, -0.25) is 0 Å². The van der Waals surface area contributed by atoms with Crippen LogP contribution in [0.15, 0.2) is 12.1 Å². The normalized spacial score (nSPS) is 12.0. The molecular weight excluding hydrogens is 255 g/mol. The van der Waals surface area contributed by atoms with Crippen molar-refractivity contribution in [1.29, 1.82) is 0 Å². The van der Waals surface area contributed by atoms with Crippen molar-refractivity contribution in [3.8, 4) is 0 Å². The van der Waals surface area contributed by atoms with Gasteiger partial charge in [-0.2, -0.15) is 0 Å². The van der Waals surface area contributed by atoms with Crippen LogP contribution in [0.1, 0.15) is 25.6 Å². The summed E-state index contributed by atoms with van der Waals surface area (Å²) in [6, 6.07) is 4.39. The fourth-order valence-electron chi connectivity index (χ4n) is 0.717. The van der Waals surface area contributed by atoms with Crippen LogP contribution in [0.2, 0.25) is 0 Å². The minimum Gasteiger partial charge on any atom is -0.134 e. The SMILES string of the molecule is CC(C)(C)c1ccc(I)s1. The van der Waals surface area contributed by atoms with Crippen LogP contribution >= 0.6 is 33.9 Å². The maximum atomic E-state index is 2.36. The molecule has 0 aliphatic carbocycles. The fraction of sp³-hybridized carbons (Fsp3) is 0.500. The van der Waals surface area contributed by atoms with E-state index in [9.17, 15) is 0 Å². The van der Waals surface area contributed by atoms with Gasteiger partial charge in [0.05, 0.1) is 2.88 Å². The molecule has 0 spiro atoms. The van der Waals surface area contributed by atoms with Gasteiger partial charge in [0.25, 0.3) is 0 Å². The van der Waals surface area contributed by atoms with Crippen LogP contribution in [0.3, 0.4) is 0 Å². The molecule has 0 N–H and O–H groups in total. The lowest BCUT2D eigenvalue weighted by molar-refractivity contribution is 0.604. The van der Waals surface area contributed by atoms with Crippen LogP contribution in [0.4, 0.5) is 0 Å². The zero-order chi connectivity index (χ0) is 7.78. The summed E-state index contributed by atoms with van der Waals surface area (Å²) >= 11 is 4.24. The second kappa shape index (κ2) is 2.81. The lowest BCUT2D eigenvalue weighted by atomic mass is 9.95. The molecule has 1 heterocycles. The maximum Gasteiger partial charge on any atom is 0.0656 e. The molecule has 0 radical (unpaired) electrons. The van der Waals surface area contributed by atoms with E-state index in [-0.39, 0.29) is 0 Å². The van der Waals surface area contributed by atoms with Gasteiger partial charge >= 0.3 is 0 Å². The van der Waals surface area contributed by atoms with E-state index in [0.717, 1.165) is 0 Å². The molecule has 0 saturated carbocycles. The van der Waals surface area contributed by atoms with Crippen molar-refractivity contribution < 1.29 is 0 Å². The van der Waals surface area contributed by atoms with Crippen LogP contribution in [0.5, 0.6) is 0 Å². The predicted octanol–water partition coefficient (Wildman–Crippen LogP) is 3.65. The first-order chi connectivity index (χ1) is 4.50. The Labute approximate surface area is 79.8 Å². The highest BCUT2D eigenvalue weighted by molar-refractivity contribution is 14.1. The average molecular weight is 266 g/mol. The van der Waals surface area contributed by atoms with Crippen molar-refractivity contribution in [3.63, 3.8) is 0 Å². The Morgan fingerprint density at radius 2 is 1.90 bits per heavy atom. The third-order valence-corrected chi connectivity index (χ3v) is 3.63. The molecule has 0 aliphatic rings. The third-order valence-electron chi connectivity index (χ3n) is 1.31. The molecule has 1 aromatic heterocycles. The third kappa shape index (κ3) is 1.95. The molecule has 0 fully saturated rings. The summed E-state index contributed by atoms with van der Waals surface area (Å²) in [7, 11) is 0. The van der Waals surface area contributed by atoms with Gasteiger partial charge in [-0.25, -0.2) is 0 Å².